The number of carbonyl (C=O) groups is 1. The van der Waals surface area contributed by atoms with Crippen LogP contribution in [-0.2, 0) is 6.61 Å². The maximum absolute atomic E-state index is 12.2. The molecule has 31 heavy (non-hydrogen) atoms. The summed E-state index contributed by atoms with van der Waals surface area (Å²) in [5, 5.41) is 10.9. The Morgan fingerprint density at radius 2 is 1.84 bits per heavy atom. The molecule has 3 rings (SSSR count). The molecule has 0 saturated heterocycles. The fourth-order valence-electron chi connectivity index (χ4n) is 2.69. The van der Waals surface area contributed by atoms with Crippen molar-refractivity contribution in [3.05, 3.63) is 93.4 Å². The molecule has 0 amide bonds. The first kappa shape index (κ1) is 21.7. The minimum atomic E-state index is -2.93. The minimum absolute atomic E-state index is 0.0126. The van der Waals surface area contributed by atoms with Crippen molar-refractivity contribution in [1.82, 2.24) is 0 Å². The number of benzene rings is 2. The van der Waals surface area contributed by atoms with Crippen LogP contribution < -0.4 is 9.47 Å². The SMILES string of the molecule is Cc1cc(OCc2ccc(/C=C/C(=O)c3ccc(OC(F)F)cc3)o2)ccc1[N+](=O)[O-]. The van der Waals surface area contributed by atoms with E-state index in [2.05, 4.69) is 4.74 Å². The number of furan rings is 1. The average molecular weight is 429 g/mol. The van der Waals surface area contributed by atoms with Gasteiger partial charge in [-0.3, -0.25) is 14.9 Å². The Morgan fingerprint density at radius 1 is 1.13 bits per heavy atom. The van der Waals surface area contributed by atoms with Crippen LogP contribution in [0.5, 0.6) is 11.5 Å². The molecule has 2 aromatic carbocycles. The third-order valence-corrected chi connectivity index (χ3v) is 4.19. The van der Waals surface area contributed by atoms with Crippen molar-refractivity contribution < 1.29 is 32.4 Å². The summed E-state index contributed by atoms with van der Waals surface area (Å²) in [4.78, 5) is 22.6. The molecule has 0 radical (unpaired) electrons. The molecule has 1 heterocycles. The number of nitro benzene ring substituents is 1. The van der Waals surface area contributed by atoms with E-state index in [0.717, 1.165) is 0 Å². The summed E-state index contributed by atoms with van der Waals surface area (Å²) in [6.45, 7) is -1.20. The Balaban J connectivity index is 1.57. The van der Waals surface area contributed by atoms with E-state index in [0.29, 0.717) is 28.4 Å². The van der Waals surface area contributed by atoms with E-state index in [1.54, 1.807) is 25.1 Å². The van der Waals surface area contributed by atoms with Gasteiger partial charge < -0.3 is 13.9 Å². The van der Waals surface area contributed by atoms with Crippen LogP contribution in [0.4, 0.5) is 14.5 Å². The molecule has 0 bridgehead atoms. The van der Waals surface area contributed by atoms with Crippen LogP contribution in [0.25, 0.3) is 6.08 Å². The smallest absolute Gasteiger partial charge is 0.387 e. The van der Waals surface area contributed by atoms with Gasteiger partial charge in [0.1, 0.15) is 29.6 Å². The molecule has 9 heteroatoms. The zero-order valence-corrected chi connectivity index (χ0v) is 16.3. The highest BCUT2D eigenvalue weighted by Crippen LogP contribution is 2.24. The number of aryl methyl sites for hydroxylation is 1. The lowest BCUT2D eigenvalue weighted by atomic mass is 10.1. The van der Waals surface area contributed by atoms with E-state index in [-0.39, 0.29) is 23.8 Å². The number of nitrogens with zero attached hydrogens (tertiary/aromatic N) is 1. The van der Waals surface area contributed by atoms with E-state index in [4.69, 9.17) is 9.15 Å². The van der Waals surface area contributed by atoms with Crippen molar-refractivity contribution in [3.8, 4) is 11.5 Å². The van der Waals surface area contributed by atoms with Crippen molar-refractivity contribution in [2.45, 2.75) is 20.1 Å². The van der Waals surface area contributed by atoms with Crippen LogP contribution in [-0.4, -0.2) is 17.3 Å². The van der Waals surface area contributed by atoms with E-state index < -0.39 is 11.5 Å². The van der Waals surface area contributed by atoms with Crippen molar-refractivity contribution in [2.75, 3.05) is 0 Å². The highest BCUT2D eigenvalue weighted by atomic mass is 19.3. The van der Waals surface area contributed by atoms with Gasteiger partial charge in [0.05, 0.1) is 4.92 Å². The molecule has 1 aromatic heterocycles. The highest BCUT2D eigenvalue weighted by Gasteiger charge is 2.11. The van der Waals surface area contributed by atoms with E-state index in [9.17, 15) is 23.7 Å². The van der Waals surface area contributed by atoms with Gasteiger partial charge in [0.15, 0.2) is 5.78 Å². The summed E-state index contributed by atoms with van der Waals surface area (Å²) < 4.78 is 39.7. The topological polar surface area (TPSA) is 91.8 Å². The number of ether oxygens (including phenoxy) is 2. The summed E-state index contributed by atoms with van der Waals surface area (Å²) in [5.74, 6) is 1.01. The monoisotopic (exact) mass is 429 g/mol. The molecule has 3 aromatic rings. The maximum Gasteiger partial charge on any atom is 0.387 e. The molecule has 7 nitrogen and oxygen atoms in total. The van der Waals surface area contributed by atoms with Gasteiger partial charge in [0.25, 0.3) is 5.69 Å². The lowest BCUT2D eigenvalue weighted by Gasteiger charge is -2.05. The number of ketones is 1. The quantitative estimate of drug-likeness (QED) is 0.191. The van der Waals surface area contributed by atoms with E-state index in [1.165, 1.54) is 48.6 Å². The van der Waals surface area contributed by atoms with Crippen LogP contribution in [0.2, 0.25) is 0 Å². The number of rotatable bonds is 9. The average Bonchev–Trinajstić information content (AvgIpc) is 3.18. The zero-order valence-electron chi connectivity index (χ0n) is 16.3. The first-order chi connectivity index (χ1) is 14.8. The summed E-state index contributed by atoms with van der Waals surface area (Å²) in [5.41, 5.74) is 0.804. The summed E-state index contributed by atoms with van der Waals surface area (Å²) >= 11 is 0. The van der Waals surface area contributed by atoms with Gasteiger partial charge in [-0.15, -0.1) is 0 Å². The Kier molecular flexibility index (Phi) is 6.76. The van der Waals surface area contributed by atoms with Gasteiger partial charge in [-0.25, -0.2) is 0 Å². The Labute approximate surface area is 175 Å². The molecule has 0 fully saturated rings. The van der Waals surface area contributed by atoms with Gasteiger partial charge in [-0.05, 0) is 67.6 Å². The van der Waals surface area contributed by atoms with Crippen LogP contribution >= 0.6 is 0 Å². The molecule has 0 atom stereocenters. The predicted molar refractivity (Wildman–Crippen MR) is 107 cm³/mol. The second-order valence-corrected chi connectivity index (χ2v) is 6.40. The largest absolute Gasteiger partial charge is 0.486 e. The molecule has 0 spiro atoms. The highest BCUT2D eigenvalue weighted by molar-refractivity contribution is 6.06. The number of nitro groups is 1. The van der Waals surface area contributed by atoms with Crippen molar-refractivity contribution in [2.24, 2.45) is 0 Å². The van der Waals surface area contributed by atoms with Crippen molar-refractivity contribution >= 4 is 17.5 Å². The van der Waals surface area contributed by atoms with E-state index in [1.807, 2.05) is 0 Å². The minimum Gasteiger partial charge on any atom is -0.486 e. The number of alkyl halides is 2. The lowest BCUT2D eigenvalue weighted by Crippen LogP contribution is -2.02. The van der Waals surface area contributed by atoms with Gasteiger partial charge in [-0.2, -0.15) is 8.78 Å². The number of allylic oxidation sites excluding steroid dienone is 1. The maximum atomic E-state index is 12.2. The number of carbonyl (C=O) groups excluding carboxylic acids is 1. The first-order valence-corrected chi connectivity index (χ1v) is 9.05. The molecule has 0 aliphatic heterocycles. The van der Waals surface area contributed by atoms with Crippen LogP contribution in [0, 0.1) is 17.0 Å². The normalized spacial score (nSPS) is 11.1. The van der Waals surface area contributed by atoms with Crippen molar-refractivity contribution in [1.29, 1.82) is 0 Å². The molecule has 0 aliphatic carbocycles. The Morgan fingerprint density at radius 3 is 2.48 bits per heavy atom. The second-order valence-electron chi connectivity index (χ2n) is 6.40. The zero-order chi connectivity index (χ0) is 22.4. The van der Waals surface area contributed by atoms with Crippen molar-refractivity contribution in [3.63, 3.8) is 0 Å². The van der Waals surface area contributed by atoms with Crippen LogP contribution in [0.3, 0.4) is 0 Å². The first-order valence-electron chi connectivity index (χ1n) is 9.05. The fraction of sp³-hybridized carbons (Fsp3) is 0.136. The van der Waals surface area contributed by atoms with Gasteiger partial charge in [-0.1, -0.05) is 0 Å². The third kappa shape index (κ3) is 5.99. The molecule has 0 saturated carbocycles. The van der Waals surface area contributed by atoms with Crippen LogP contribution in [0.1, 0.15) is 27.4 Å². The van der Waals surface area contributed by atoms with Gasteiger partial charge in [0, 0.05) is 17.2 Å². The summed E-state index contributed by atoms with van der Waals surface area (Å²) in [6, 6.07) is 13.1. The number of halogens is 2. The Hall–Kier alpha value is -4.01. The molecule has 0 N–H and O–H groups in total. The Bertz CT molecular complexity index is 1110. The fourth-order valence-corrected chi connectivity index (χ4v) is 2.69. The standard InChI is InChI=1S/C22H17F2NO6/c1-14-12-18(8-10-20(14)25(27)28)29-13-19-7-6-16(30-19)9-11-21(26)15-2-4-17(5-3-15)31-22(23)24/h2-12,22H,13H2,1H3/b11-9+. The number of hydrogen-bond acceptors (Lipinski definition) is 6. The van der Waals surface area contributed by atoms with Crippen LogP contribution in [0.15, 0.2) is 65.1 Å². The molecular weight excluding hydrogens is 412 g/mol. The molecule has 0 unspecified atom stereocenters. The molecule has 160 valence electrons. The lowest BCUT2D eigenvalue weighted by molar-refractivity contribution is -0.385. The third-order valence-electron chi connectivity index (χ3n) is 4.19. The van der Waals surface area contributed by atoms with E-state index >= 15 is 0 Å². The summed E-state index contributed by atoms with van der Waals surface area (Å²) in [7, 11) is 0. The van der Waals surface area contributed by atoms with Gasteiger partial charge >= 0.3 is 6.61 Å². The number of hydrogen-bond donors (Lipinski definition) is 0. The molecule has 0 aliphatic rings. The predicted octanol–water partition coefficient (Wildman–Crippen LogP) is 5.57. The second kappa shape index (κ2) is 9.66. The molecular formula is C22H17F2NO6. The summed E-state index contributed by atoms with van der Waals surface area (Å²) in [6.07, 6.45) is 2.78. The van der Waals surface area contributed by atoms with Gasteiger partial charge in [0.2, 0.25) is 0 Å².